The normalized spacial score (nSPS) is 15.3. The minimum absolute atomic E-state index is 0.668. The van der Waals surface area contributed by atoms with E-state index in [4.69, 9.17) is 23.2 Å². The summed E-state index contributed by atoms with van der Waals surface area (Å²) in [5, 5.41) is 4.25. The summed E-state index contributed by atoms with van der Waals surface area (Å²) in [6.07, 6.45) is 1.61. The van der Waals surface area contributed by atoms with E-state index in [1.54, 1.807) is 18.3 Å². The van der Waals surface area contributed by atoms with Crippen molar-refractivity contribution >= 4 is 51.9 Å². The fourth-order valence-electron chi connectivity index (χ4n) is 3.28. The minimum Gasteiger partial charge on any atom is -0.353 e. The number of nitrogens with zero attached hydrogens (tertiary/aromatic N) is 4. The fourth-order valence-corrected chi connectivity index (χ4v) is 4.26. The first-order valence-corrected chi connectivity index (χ1v) is 10.2. The van der Waals surface area contributed by atoms with Crippen molar-refractivity contribution in [3.05, 3.63) is 64.8 Å². The number of halogens is 2. The number of benzene rings is 2. The third-order valence-electron chi connectivity index (χ3n) is 4.62. The van der Waals surface area contributed by atoms with Crippen molar-refractivity contribution in [2.75, 3.05) is 31.1 Å². The molecule has 27 heavy (non-hydrogen) atoms. The van der Waals surface area contributed by atoms with Crippen LogP contribution in [-0.4, -0.2) is 40.5 Å². The number of piperazine rings is 1. The van der Waals surface area contributed by atoms with Gasteiger partial charge in [0.05, 0.1) is 10.5 Å². The third kappa shape index (κ3) is 3.92. The highest BCUT2D eigenvalue weighted by Gasteiger charge is 2.20. The van der Waals surface area contributed by atoms with Gasteiger partial charge in [0.1, 0.15) is 12.1 Å². The zero-order valence-corrected chi connectivity index (χ0v) is 16.9. The summed E-state index contributed by atoms with van der Waals surface area (Å²) in [6, 6.07) is 11.7. The van der Waals surface area contributed by atoms with Crippen LogP contribution in [0.15, 0.2) is 54.7 Å². The maximum absolute atomic E-state index is 6.54. The van der Waals surface area contributed by atoms with Gasteiger partial charge in [-0.15, -0.1) is 0 Å². The van der Waals surface area contributed by atoms with Crippen LogP contribution in [0.4, 0.5) is 5.82 Å². The van der Waals surface area contributed by atoms with Crippen LogP contribution in [0, 0.1) is 0 Å². The van der Waals surface area contributed by atoms with Gasteiger partial charge in [-0.1, -0.05) is 53.9 Å². The molecule has 0 saturated carbocycles. The summed E-state index contributed by atoms with van der Waals surface area (Å²) in [7, 11) is 0. The van der Waals surface area contributed by atoms with Gasteiger partial charge in [-0.05, 0) is 35.2 Å². The Kier molecular flexibility index (Phi) is 5.55. The average Bonchev–Trinajstić information content (AvgIpc) is 2.69. The maximum Gasteiger partial charge on any atom is 0.139 e. The van der Waals surface area contributed by atoms with Crippen LogP contribution < -0.4 is 4.90 Å². The molecular weight excluding hydrogens is 399 g/mol. The molecule has 0 bridgehead atoms. The molecule has 0 N–H and O–H groups in total. The van der Waals surface area contributed by atoms with E-state index < -0.39 is 0 Å². The molecule has 0 radical (unpaired) electrons. The Labute approximate surface area is 172 Å². The first kappa shape index (κ1) is 18.6. The van der Waals surface area contributed by atoms with Gasteiger partial charge in [0.25, 0.3) is 0 Å². The molecule has 1 aliphatic heterocycles. The third-order valence-corrected chi connectivity index (χ3v) is 6.00. The van der Waals surface area contributed by atoms with Crippen LogP contribution in [-0.2, 0) is 0 Å². The second kappa shape index (κ2) is 8.07. The molecule has 1 saturated heterocycles. The maximum atomic E-state index is 6.54. The largest absolute Gasteiger partial charge is 0.353 e. The molecule has 1 aromatic heterocycles. The molecule has 7 heteroatoms. The average molecular weight is 417 g/mol. The van der Waals surface area contributed by atoms with Gasteiger partial charge in [0, 0.05) is 42.2 Å². The van der Waals surface area contributed by atoms with E-state index in [9.17, 15) is 0 Å². The van der Waals surface area contributed by atoms with Gasteiger partial charge < -0.3 is 4.90 Å². The van der Waals surface area contributed by atoms with E-state index in [-0.39, 0.29) is 0 Å². The van der Waals surface area contributed by atoms with Crippen LogP contribution in [0.3, 0.4) is 0 Å². The van der Waals surface area contributed by atoms with Crippen molar-refractivity contribution in [2.24, 2.45) is 0 Å². The molecule has 2 heterocycles. The van der Waals surface area contributed by atoms with Crippen LogP contribution in [0.5, 0.6) is 0 Å². The predicted molar refractivity (Wildman–Crippen MR) is 117 cm³/mol. The smallest absolute Gasteiger partial charge is 0.139 e. The van der Waals surface area contributed by atoms with Crippen LogP contribution in [0.2, 0.25) is 10.0 Å². The summed E-state index contributed by atoms with van der Waals surface area (Å²) in [4.78, 5) is 11.3. The Morgan fingerprint density at radius 3 is 2.44 bits per heavy atom. The van der Waals surface area contributed by atoms with E-state index >= 15 is 0 Å². The van der Waals surface area contributed by atoms with Crippen molar-refractivity contribution in [2.45, 2.75) is 0 Å². The second-order valence-corrected chi connectivity index (χ2v) is 8.15. The molecule has 0 aliphatic carbocycles. The summed E-state index contributed by atoms with van der Waals surface area (Å²) in [6.45, 7) is 7.52. The molecule has 0 atom stereocenters. The lowest BCUT2D eigenvalue weighted by Gasteiger charge is -2.34. The number of hydrogen-bond acceptors (Lipinski definition) is 5. The van der Waals surface area contributed by atoms with Crippen molar-refractivity contribution in [3.63, 3.8) is 0 Å². The van der Waals surface area contributed by atoms with Gasteiger partial charge in [-0.25, -0.2) is 14.3 Å². The molecule has 4 nitrogen and oxygen atoms in total. The molecule has 1 fully saturated rings. The summed E-state index contributed by atoms with van der Waals surface area (Å²) in [5.41, 5.74) is 2.83. The fraction of sp³-hybridized carbons (Fsp3) is 0.200. The second-order valence-electron chi connectivity index (χ2n) is 6.24. The number of hydrogen-bond donors (Lipinski definition) is 0. The van der Waals surface area contributed by atoms with Gasteiger partial charge >= 0.3 is 0 Å². The predicted octanol–water partition coefficient (Wildman–Crippen LogP) is 5.52. The lowest BCUT2D eigenvalue weighted by Crippen LogP contribution is -2.43. The molecule has 3 aromatic rings. The zero-order chi connectivity index (χ0) is 18.8. The number of aromatic nitrogens is 2. The van der Waals surface area contributed by atoms with Crippen LogP contribution in [0.25, 0.3) is 22.0 Å². The monoisotopic (exact) mass is 416 g/mol. The Morgan fingerprint density at radius 1 is 1.00 bits per heavy atom. The lowest BCUT2D eigenvalue weighted by atomic mass is 10.0. The molecule has 2 aromatic carbocycles. The molecule has 138 valence electrons. The highest BCUT2D eigenvalue weighted by atomic mass is 35.5. The first-order valence-electron chi connectivity index (χ1n) is 8.63. The Balaban J connectivity index is 1.73. The van der Waals surface area contributed by atoms with E-state index in [2.05, 4.69) is 31.8 Å². The molecule has 4 rings (SSSR count). The summed E-state index contributed by atoms with van der Waals surface area (Å²) < 4.78 is 2.31. The van der Waals surface area contributed by atoms with E-state index in [0.717, 1.165) is 54.0 Å². The molecule has 0 spiro atoms. The van der Waals surface area contributed by atoms with E-state index in [1.807, 2.05) is 35.7 Å². The highest BCUT2D eigenvalue weighted by Crippen LogP contribution is 2.35. The van der Waals surface area contributed by atoms with Gasteiger partial charge in [0.2, 0.25) is 0 Å². The van der Waals surface area contributed by atoms with Crippen LogP contribution in [0.1, 0.15) is 0 Å². The molecular formula is C20H18Cl2N4S. The summed E-state index contributed by atoms with van der Waals surface area (Å²) in [5.74, 6) is 0.954. The van der Waals surface area contributed by atoms with Gasteiger partial charge in [-0.2, -0.15) is 0 Å². The van der Waals surface area contributed by atoms with Crippen molar-refractivity contribution in [3.8, 4) is 11.1 Å². The van der Waals surface area contributed by atoms with Crippen molar-refractivity contribution in [1.82, 2.24) is 14.3 Å². The Bertz CT molecular complexity index is 970. The quantitative estimate of drug-likeness (QED) is 0.522. The number of fused-ring (bicyclic) bond motifs is 1. The SMILES string of the molecule is C=CSN1CCN(c2ncnc3cc(Cl)c(-c4ccc(Cl)cc4)cc23)CC1. The van der Waals surface area contributed by atoms with Gasteiger partial charge in [-0.3, -0.25) is 0 Å². The summed E-state index contributed by atoms with van der Waals surface area (Å²) >= 11 is 14.2. The molecule has 0 amide bonds. The number of anilines is 1. The Morgan fingerprint density at radius 2 is 1.74 bits per heavy atom. The standard InChI is InChI=1S/C20H18Cl2N4S/c1-2-27-26-9-7-25(8-10-26)20-17-11-16(14-3-5-15(21)6-4-14)18(22)12-19(17)23-13-24-20/h2-6,11-13H,1,7-10H2. The first-order chi connectivity index (χ1) is 13.2. The molecule has 1 aliphatic rings. The van der Waals surface area contributed by atoms with E-state index in [0.29, 0.717) is 10.0 Å². The zero-order valence-electron chi connectivity index (χ0n) is 14.6. The number of rotatable bonds is 4. The van der Waals surface area contributed by atoms with Crippen molar-refractivity contribution < 1.29 is 0 Å². The van der Waals surface area contributed by atoms with E-state index in [1.165, 1.54) is 0 Å². The Hall–Kier alpha value is -1.79. The topological polar surface area (TPSA) is 32.3 Å². The highest BCUT2D eigenvalue weighted by molar-refractivity contribution is 7.99. The van der Waals surface area contributed by atoms with Gasteiger partial charge in [0.15, 0.2) is 0 Å². The lowest BCUT2D eigenvalue weighted by molar-refractivity contribution is 0.430. The van der Waals surface area contributed by atoms with Crippen molar-refractivity contribution in [1.29, 1.82) is 0 Å². The minimum atomic E-state index is 0.668. The van der Waals surface area contributed by atoms with Crippen LogP contribution >= 0.6 is 35.1 Å². The molecule has 0 unspecified atom stereocenters.